The molecule has 0 fully saturated rings. The van der Waals surface area contributed by atoms with Crippen molar-refractivity contribution in [2.24, 2.45) is 0 Å². The first-order valence-electron chi connectivity index (χ1n) is 4.41. The third-order valence-electron chi connectivity index (χ3n) is 1.71. The molecule has 0 aromatic heterocycles. The Balaban J connectivity index is 2.77. The first-order chi connectivity index (χ1) is 4.77. The van der Waals surface area contributed by atoms with Crippen LogP contribution in [-0.2, 0) is 0 Å². The second-order valence-electron chi connectivity index (χ2n) is 2.98. The summed E-state index contributed by atoms with van der Waals surface area (Å²) in [5, 5.41) is 0. The van der Waals surface area contributed by atoms with Crippen molar-refractivity contribution < 1.29 is 0 Å². The summed E-state index contributed by atoms with van der Waals surface area (Å²) in [6.45, 7) is 4.46. The maximum atomic E-state index is 5.93. The van der Waals surface area contributed by atoms with Crippen molar-refractivity contribution in [3.8, 4) is 0 Å². The van der Waals surface area contributed by atoms with E-state index in [-0.39, 0.29) is 0 Å². The predicted octanol–water partition coefficient (Wildman–Crippen LogP) is 3.55. The second-order valence-corrected chi connectivity index (χ2v) is 7.36. The summed E-state index contributed by atoms with van der Waals surface area (Å²) >= 11 is 5.93. The van der Waals surface area contributed by atoms with E-state index in [4.69, 9.17) is 11.1 Å². The van der Waals surface area contributed by atoms with Crippen LogP contribution in [0.5, 0.6) is 0 Å². The van der Waals surface area contributed by atoms with Gasteiger partial charge in [0.2, 0.25) is 0 Å². The fourth-order valence-corrected chi connectivity index (χ4v) is 2.34. The SMILES string of the molecule is CCCCCCC[SiH](C)Cl. The van der Waals surface area contributed by atoms with E-state index in [2.05, 4.69) is 13.5 Å². The van der Waals surface area contributed by atoms with E-state index >= 15 is 0 Å². The van der Waals surface area contributed by atoms with Crippen LogP contribution in [0.3, 0.4) is 0 Å². The maximum absolute atomic E-state index is 5.93. The van der Waals surface area contributed by atoms with Crippen molar-refractivity contribution in [1.82, 2.24) is 0 Å². The molecule has 0 aliphatic carbocycles. The van der Waals surface area contributed by atoms with E-state index < -0.39 is 8.11 Å². The molecule has 0 aromatic rings. The summed E-state index contributed by atoms with van der Waals surface area (Å²) in [5.74, 6) is 0. The Bertz CT molecular complexity index is 64.3. The van der Waals surface area contributed by atoms with E-state index in [9.17, 15) is 0 Å². The highest BCUT2D eigenvalue weighted by Crippen LogP contribution is 2.08. The first-order valence-corrected chi connectivity index (χ1v) is 8.13. The Labute approximate surface area is 71.3 Å². The third-order valence-corrected chi connectivity index (χ3v) is 3.56. The van der Waals surface area contributed by atoms with Gasteiger partial charge in [0, 0.05) is 0 Å². The van der Waals surface area contributed by atoms with Crippen LogP contribution in [-0.4, -0.2) is 8.11 Å². The monoisotopic (exact) mass is 178 g/mol. The van der Waals surface area contributed by atoms with E-state index in [0.717, 1.165) is 0 Å². The van der Waals surface area contributed by atoms with Crippen molar-refractivity contribution in [2.75, 3.05) is 0 Å². The molecule has 62 valence electrons. The van der Waals surface area contributed by atoms with E-state index in [0.29, 0.717) is 0 Å². The molecule has 1 unspecified atom stereocenters. The van der Waals surface area contributed by atoms with Gasteiger partial charge in [0.15, 0.2) is 0 Å². The number of halogens is 1. The molecule has 0 nitrogen and oxygen atoms in total. The molecule has 0 amide bonds. The summed E-state index contributed by atoms with van der Waals surface area (Å²) in [5.41, 5.74) is 0. The smallest absolute Gasteiger partial charge is 0.138 e. The molecule has 0 aromatic carbocycles. The molecule has 10 heavy (non-hydrogen) atoms. The minimum absolute atomic E-state index is 0.750. The fourth-order valence-electron chi connectivity index (χ4n) is 1.03. The van der Waals surface area contributed by atoms with Crippen LogP contribution in [0.15, 0.2) is 0 Å². The molecule has 1 atom stereocenters. The molecule has 0 saturated heterocycles. The van der Waals surface area contributed by atoms with Crippen molar-refractivity contribution in [2.45, 2.75) is 51.6 Å². The van der Waals surface area contributed by atoms with Gasteiger partial charge in [0.25, 0.3) is 0 Å². The maximum Gasteiger partial charge on any atom is 0.138 e. The Morgan fingerprint density at radius 3 is 2.20 bits per heavy atom. The Hall–Kier alpha value is 0.507. The zero-order valence-electron chi connectivity index (χ0n) is 7.20. The van der Waals surface area contributed by atoms with Gasteiger partial charge in [0.1, 0.15) is 8.11 Å². The van der Waals surface area contributed by atoms with Crippen LogP contribution in [0.2, 0.25) is 12.6 Å². The fraction of sp³-hybridized carbons (Fsp3) is 1.00. The Morgan fingerprint density at radius 1 is 1.10 bits per heavy atom. The zero-order chi connectivity index (χ0) is 7.82. The minimum Gasteiger partial charge on any atom is -0.172 e. The molecule has 0 saturated carbocycles. The number of rotatable bonds is 6. The van der Waals surface area contributed by atoms with Crippen molar-refractivity contribution in [3.05, 3.63) is 0 Å². The lowest BCUT2D eigenvalue weighted by Crippen LogP contribution is -1.94. The molecular formula is C8H19ClSi. The minimum atomic E-state index is -0.750. The van der Waals surface area contributed by atoms with Crippen LogP contribution in [0.1, 0.15) is 39.0 Å². The molecular weight excluding hydrogens is 160 g/mol. The van der Waals surface area contributed by atoms with Gasteiger partial charge in [-0.1, -0.05) is 45.6 Å². The topological polar surface area (TPSA) is 0 Å². The van der Waals surface area contributed by atoms with Gasteiger partial charge in [0.05, 0.1) is 0 Å². The van der Waals surface area contributed by atoms with E-state index in [1.54, 1.807) is 0 Å². The Morgan fingerprint density at radius 2 is 1.70 bits per heavy atom. The van der Waals surface area contributed by atoms with E-state index in [1.807, 2.05) is 0 Å². The number of unbranched alkanes of at least 4 members (excludes halogenated alkanes) is 4. The number of hydrogen-bond acceptors (Lipinski definition) is 0. The lowest BCUT2D eigenvalue weighted by Gasteiger charge is -1.99. The van der Waals surface area contributed by atoms with Gasteiger partial charge >= 0.3 is 0 Å². The highest BCUT2D eigenvalue weighted by atomic mass is 35.6. The molecule has 0 aliphatic rings. The van der Waals surface area contributed by atoms with Crippen LogP contribution >= 0.6 is 11.1 Å². The molecule has 0 bridgehead atoms. The van der Waals surface area contributed by atoms with Crippen LogP contribution in [0.25, 0.3) is 0 Å². The van der Waals surface area contributed by atoms with Gasteiger partial charge in [-0.2, -0.15) is 11.1 Å². The molecule has 0 radical (unpaired) electrons. The normalized spacial score (nSPS) is 13.5. The highest BCUT2D eigenvalue weighted by Gasteiger charge is 1.96. The molecule has 0 aliphatic heterocycles. The molecule has 2 heteroatoms. The molecule has 0 rings (SSSR count). The van der Waals surface area contributed by atoms with Crippen molar-refractivity contribution in [1.29, 1.82) is 0 Å². The molecule has 0 spiro atoms. The average Bonchev–Trinajstić information content (AvgIpc) is 1.87. The first kappa shape index (κ1) is 10.5. The van der Waals surface area contributed by atoms with E-state index in [1.165, 1.54) is 38.1 Å². The number of hydrogen-bond donors (Lipinski definition) is 0. The largest absolute Gasteiger partial charge is 0.172 e. The van der Waals surface area contributed by atoms with Gasteiger partial charge in [-0.25, -0.2) is 0 Å². The van der Waals surface area contributed by atoms with Gasteiger partial charge in [-0.15, -0.1) is 0 Å². The van der Waals surface area contributed by atoms with Gasteiger partial charge < -0.3 is 0 Å². The van der Waals surface area contributed by atoms with Crippen molar-refractivity contribution >= 4 is 19.2 Å². The van der Waals surface area contributed by atoms with Crippen molar-refractivity contribution in [3.63, 3.8) is 0 Å². The highest BCUT2D eigenvalue weighted by molar-refractivity contribution is 7.06. The Kier molecular flexibility index (Phi) is 8.00. The summed E-state index contributed by atoms with van der Waals surface area (Å²) in [4.78, 5) is 0. The molecule has 0 N–H and O–H groups in total. The standard InChI is InChI=1S/C8H19ClSi/c1-3-4-5-6-7-8-10(2)9/h10H,3-8H2,1-2H3. The van der Waals surface area contributed by atoms with Gasteiger partial charge in [-0.3, -0.25) is 0 Å². The quantitative estimate of drug-likeness (QED) is 0.332. The lowest BCUT2D eigenvalue weighted by atomic mass is 10.2. The zero-order valence-corrected chi connectivity index (χ0v) is 9.11. The lowest BCUT2D eigenvalue weighted by molar-refractivity contribution is 0.655. The summed E-state index contributed by atoms with van der Waals surface area (Å²) in [7, 11) is -0.750. The summed E-state index contributed by atoms with van der Waals surface area (Å²) in [6, 6.07) is 1.32. The predicted molar refractivity (Wildman–Crippen MR) is 52.4 cm³/mol. The molecule has 0 heterocycles. The summed E-state index contributed by atoms with van der Waals surface area (Å²) in [6.07, 6.45) is 6.93. The third kappa shape index (κ3) is 8.51. The van der Waals surface area contributed by atoms with Crippen LogP contribution in [0, 0.1) is 0 Å². The van der Waals surface area contributed by atoms with Crippen LogP contribution < -0.4 is 0 Å². The van der Waals surface area contributed by atoms with Crippen LogP contribution in [0.4, 0.5) is 0 Å². The average molecular weight is 179 g/mol. The van der Waals surface area contributed by atoms with Gasteiger partial charge in [-0.05, 0) is 6.04 Å². The second kappa shape index (κ2) is 7.61. The summed E-state index contributed by atoms with van der Waals surface area (Å²) < 4.78 is 0.